The van der Waals surface area contributed by atoms with E-state index >= 15 is 0 Å². The predicted molar refractivity (Wildman–Crippen MR) is 91.2 cm³/mol. The molecule has 1 aliphatic carbocycles. The van der Waals surface area contributed by atoms with Gasteiger partial charge >= 0.3 is 5.97 Å². The summed E-state index contributed by atoms with van der Waals surface area (Å²) in [5.41, 5.74) is 2.87. The molecular weight excluding hydrogens is 334 g/mol. The van der Waals surface area contributed by atoms with Crippen LogP contribution in [-0.4, -0.2) is 35.1 Å². The Hall–Kier alpha value is -2.99. The van der Waals surface area contributed by atoms with Crippen LogP contribution in [0.3, 0.4) is 0 Å². The third-order valence-corrected chi connectivity index (χ3v) is 4.65. The van der Waals surface area contributed by atoms with Gasteiger partial charge in [-0.1, -0.05) is 36.4 Å². The Bertz CT molecular complexity index is 847. The number of ether oxygens (including phenoxy) is 1. The van der Waals surface area contributed by atoms with E-state index in [-0.39, 0.29) is 17.2 Å². The summed E-state index contributed by atoms with van der Waals surface area (Å²) in [7, 11) is 0. The van der Waals surface area contributed by atoms with Crippen LogP contribution in [0, 0.1) is 0 Å². The Morgan fingerprint density at radius 2 is 1.46 bits per heavy atom. The number of hydroxylamine groups is 2. The van der Waals surface area contributed by atoms with Crippen LogP contribution < -0.4 is 0 Å². The fraction of sp³-hybridized carbons (Fsp3) is 0.250. The molecule has 0 saturated carbocycles. The molecule has 0 radical (unpaired) electrons. The summed E-state index contributed by atoms with van der Waals surface area (Å²) in [5.74, 6) is -1.74. The zero-order chi connectivity index (χ0) is 18.3. The monoisotopic (exact) mass is 351 g/mol. The normalized spacial score (nSPS) is 17.2. The van der Waals surface area contributed by atoms with Crippen LogP contribution in [0.5, 0.6) is 0 Å². The Labute approximate surface area is 150 Å². The van der Waals surface area contributed by atoms with Crippen LogP contribution in [0.25, 0.3) is 0 Å². The van der Waals surface area contributed by atoms with Crippen molar-refractivity contribution in [3.63, 3.8) is 0 Å². The summed E-state index contributed by atoms with van der Waals surface area (Å²) in [6.45, 7) is 1.47. The van der Waals surface area contributed by atoms with Crippen molar-refractivity contribution in [3.8, 4) is 0 Å². The molecule has 0 bridgehead atoms. The highest BCUT2D eigenvalue weighted by molar-refractivity contribution is 6.20. The topological polar surface area (TPSA) is 72.9 Å². The van der Waals surface area contributed by atoms with Crippen molar-refractivity contribution in [2.45, 2.75) is 32.0 Å². The van der Waals surface area contributed by atoms with Gasteiger partial charge in [-0.15, -0.1) is 5.06 Å². The Balaban J connectivity index is 1.39. The maximum atomic E-state index is 12.3. The summed E-state index contributed by atoms with van der Waals surface area (Å²) < 4.78 is 5.50. The van der Waals surface area contributed by atoms with E-state index in [1.165, 1.54) is 18.1 Å². The Morgan fingerprint density at radius 3 is 2.00 bits per heavy atom. The van der Waals surface area contributed by atoms with E-state index in [1.54, 1.807) is 24.3 Å². The van der Waals surface area contributed by atoms with Gasteiger partial charge in [0.05, 0.1) is 11.1 Å². The molecule has 2 aromatic rings. The molecular formula is C20H17NO5. The number of hydrogen-bond donors (Lipinski definition) is 0. The number of amides is 2. The molecule has 0 saturated heterocycles. The van der Waals surface area contributed by atoms with E-state index in [9.17, 15) is 14.4 Å². The predicted octanol–water partition coefficient (Wildman–Crippen LogP) is 2.31. The van der Waals surface area contributed by atoms with E-state index in [1.807, 2.05) is 24.3 Å². The highest BCUT2D eigenvalue weighted by Gasteiger charge is 2.39. The maximum absolute atomic E-state index is 12.3. The second kappa shape index (κ2) is 6.38. The Morgan fingerprint density at radius 1 is 0.962 bits per heavy atom. The third kappa shape index (κ3) is 2.78. The van der Waals surface area contributed by atoms with E-state index in [2.05, 4.69) is 0 Å². The fourth-order valence-corrected chi connectivity index (χ4v) is 3.33. The number of nitrogens with zero attached hydrogens (tertiary/aromatic N) is 1. The van der Waals surface area contributed by atoms with E-state index < -0.39 is 23.9 Å². The number of fused-ring (bicyclic) bond motifs is 2. The van der Waals surface area contributed by atoms with Gasteiger partial charge in [-0.3, -0.25) is 9.59 Å². The number of carbonyl (C=O) groups excluding carboxylic acids is 3. The molecule has 1 aliphatic heterocycles. The number of hydrogen-bond acceptors (Lipinski definition) is 5. The third-order valence-electron chi connectivity index (χ3n) is 4.65. The van der Waals surface area contributed by atoms with Gasteiger partial charge in [0, 0.05) is 12.8 Å². The molecule has 4 rings (SSSR count). The van der Waals surface area contributed by atoms with Crippen molar-refractivity contribution in [2.24, 2.45) is 0 Å². The smallest absolute Gasteiger partial charge is 0.338 e. The van der Waals surface area contributed by atoms with Gasteiger partial charge in [-0.05, 0) is 30.2 Å². The van der Waals surface area contributed by atoms with Crippen LogP contribution in [0.15, 0.2) is 48.5 Å². The molecule has 6 nitrogen and oxygen atoms in total. The summed E-state index contributed by atoms with van der Waals surface area (Å²) >= 11 is 0. The average Bonchev–Trinajstić information content (AvgIpc) is 3.16. The van der Waals surface area contributed by atoms with Crippen LogP contribution in [-0.2, 0) is 27.2 Å². The average molecular weight is 351 g/mol. The van der Waals surface area contributed by atoms with E-state index in [4.69, 9.17) is 9.57 Å². The van der Waals surface area contributed by atoms with Crippen LogP contribution in [0.1, 0.15) is 38.8 Å². The first-order chi connectivity index (χ1) is 12.5. The molecule has 1 heterocycles. The molecule has 1 atom stereocenters. The van der Waals surface area contributed by atoms with Gasteiger partial charge in [0.1, 0.15) is 6.10 Å². The molecule has 26 heavy (non-hydrogen) atoms. The van der Waals surface area contributed by atoms with Crippen LogP contribution in [0.4, 0.5) is 0 Å². The number of esters is 1. The highest BCUT2D eigenvalue weighted by Crippen LogP contribution is 2.26. The lowest BCUT2D eigenvalue weighted by molar-refractivity contribution is -0.181. The van der Waals surface area contributed by atoms with Crippen molar-refractivity contribution >= 4 is 17.8 Å². The standard InChI is InChI=1S/C20H17NO5/c1-12(20(24)25-15-10-13-6-2-3-7-14(13)11-15)26-21-18(22)16-8-4-5-9-17(16)19(21)23/h2-9,12,15H,10-11H2,1H3. The highest BCUT2D eigenvalue weighted by atomic mass is 16.7. The zero-order valence-electron chi connectivity index (χ0n) is 14.2. The summed E-state index contributed by atoms with van der Waals surface area (Å²) in [4.78, 5) is 42.2. The SMILES string of the molecule is CC(ON1C(=O)c2ccccc2C1=O)C(=O)OC1Cc2ccccc2C1. The minimum Gasteiger partial charge on any atom is -0.460 e. The van der Waals surface area contributed by atoms with Crippen molar-refractivity contribution in [3.05, 3.63) is 70.8 Å². The minimum absolute atomic E-state index is 0.256. The molecule has 6 heteroatoms. The fourth-order valence-electron chi connectivity index (χ4n) is 3.33. The zero-order valence-corrected chi connectivity index (χ0v) is 14.2. The van der Waals surface area contributed by atoms with Gasteiger partial charge in [-0.2, -0.15) is 0 Å². The maximum Gasteiger partial charge on any atom is 0.338 e. The quantitative estimate of drug-likeness (QED) is 0.624. The molecule has 2 aromatic carbocycles. The number of rotatable bonds is 4. The van der Waals surface area contributed by atoms with Gasteiger partial charge in [0.25, 0.3) is 11.8 Å². The molecule has 0 N–H and O–H groups in total. The lowest BCUT2D eigenvalue weighted by Crippen LogP contribution is -2.38. The van der Waals surface area contributed by atoms with Crippen molar-refractivity contribution in [2.75, 3.05) is 0 Å². The van der Waals surface area contributed by atoms with Crippen molar-refractivity contribution < 1.29 is 24.0 Å². The lowest BCUT2D eigenvalue weighted by Gasteiger charge is -2.20. The van der Waals surface area contributed by atoms with Gasteiger partial charge in [0.2, 0.25) is 0 Å². The second-order valence-corrected chi connectivity index (χ2v) is 6.43. The molecule has 1 unspecified atom stereocenters. The largest absolute Gasteiger partial charge is 0.460 e. The van der Waals surface area contributed by atoms with Crippen molar-refractivity contribution in [1.29, 1.82) is 0 Å². The second-order valence-electron chi connectivity index (χ2n) is 6.43. The van der Waals surface area contributed by atoms with Gasteiger partial charge in [-0.25, -0.2) is 9.63 Å². The molecule has 2 aliphatic rings. The summed E-state index contributed by atoms with van der Waals surface area (Å²) in [5, 5.41) is 0.639. The molecule has 0 fully saturated rings. The number of benzene rings is 2. The van der Waals surface area contributed by atoms with E-state index in [0.717, 1.165) is 0 Å². The molecule has 0 aromatic heterocycles. The first-order valence-electron chi connectivity index (χ1n) is 8.46. The first-order valence-corrected chi connectivity index (χ1v) is 8.46. The number of imide groups is 1. The van der Waals surface area contributed by atoms with E-state index in [0.29, 0.717) is 17.9 Å². The van der Waals surface area contributed by atoms with Gasteiger partial charge in [0.15, 0.2) is 6.10 Å². The van der Waals surface area contributed by atoms with Crippen LogP contribution in [0.2, 0.25) is 0 Å². The lowest BCUT2D eigenvalue weighted by atomic mass is 10.1. The number of carbonyl (C=O) groups is 3. The summed E-state index contributed by atoms with van der Waals surface area (Å²) in [6, 6.07) is 14.4. The van der Waals surface area contributed by atoms with Crippen LogP contribution >= 0.6 is 0 Å². The molecule has 2 amide bonds. The van der Waals surface area contributed by atoms with Crippen molar-refractivity contribution in [1.82, 2.24) is 5.06 Å². The molecule has 132 valence electrons. The first kappa shape index (κ1) is 16.5. The summed E-state index contributed by atoms with van der Waals surface area (Å²) in [6.07, 6.45) is -0.0161. The Kier molecular flexibility index (Phi) is 4.05. The minimum atomic E-state index is -1.07. The van der Waals surface area contributed by atoms with Gasteiger partial charge < -0.3 is 4.74 Å². The molecule has 0 spiro atoms.